The SMILES string of the molecule is Cc1cccc(-n2ccnc2SCC(=O)N2CCN(S(=O)(=O)c3ccccc3C#N)CC2)c1C. The van der Waals surface area contributed by atoms with Crippen LogP contribution in [0, 0.1) is 25.2 Å². The first-order valence-electron chi connectivity index (χ1n) is 10.8. The zero-order chi connectivity index (χ0) is 24.3. The number of imidazole rings is 1. The summed E-state index contributed by atoms with van der Waals surface area (Å²) in [6, 6.07) is 14.2. The summed E-state index contributed by atoms with van der Waals surface area (Å²) in [5, 5.41) is 9.99. The lowest BCUT2D eigenvalue weighted by Crippen LogP contribution is -2.51. The Morgan fingerprint density at radius 3 is 2.56 bits per heavy atom. The third kappa shape index (κ3) is 4.73. The van der Waals surface area contributed by atoms with Crippen LogP contribution in [0.3, 0.4) is 0 Å². The van der Waals surface area contributed by atoms with E-state index in [1.165, 1.54) is 33.8 Å². The minimum atomic E-state index is -3.79. The second-order valence-electron chi connectivity index (χ2n) is 7.98. The molecule has 0 spiro atoms. The maximum absolute atomic E-state index is 13.0. The van der Waals surface area contributed by atoms with Crippen LogP contribution in [0.5, 0.6) is 0 Å². The third-order valence-corrected chi connectivity index (χ3v) is 8.89. The molecule has 1 amide bonds. The van der Waals surface area contributed by atoms with E-state index in [2.05, 4.69) is 24.9 Å². The number of hydrogen-bond acceptors (Lipinski definition) is 6. The Bertz CT molecular complexity index is 1350. The zero-order valence-corrected chi connectivity index (χ0v) is 20.6. The molecule has 1 fully saturated rings. The van der Waals surface area contributed by atoms with Crippen LogP contribution in [-0.4, -0.2) is 65.0 Å². The van der Waals surface area contributed by atoms with Crippen LogP contribution in [0.25, 0.3) is 5.69 Å². The van der Waals surface area contributed by atoms with E-state index in [1.807, 2.05) is 29.0 Å². The normalized spacial score (nSPS) is 14.7. The average Bonchev–Trinajstić information content (AvgIpc) is 3.32. The van der Waals surface area contributed by atoms with Gasteiger partial charge in [0.2, 0.25) is 15.9 Å². The number of aryl methyl sites for hydroxylation is 1. The van der Waals surface area contributed by atoms with Crippen LogP contribution in [-0.2, 0) is 14.8 Å². The van der Waals surface area contributed by atoms with E-state index in [1.54, 1.807) is 23.2 Å². The molecule has 2 heterocycles. The van der Waals surface area contributed by atoms with Gasteiger partial charge in [0.05, 0.1) is 21.9 Å². The lowest BCUT2D eigenvalue weighted by Gasteiger charge is -2.34. The Morgan fingerprint density at radius 2 is 1.82 bits per heavy atom. The van der Waals surface area contributed by atoms with Crippen molar-refractivity contribution < 1.29 is 13.2 Å². The number of aromatic nitrogens is 2. The Morgan fingerprint density at radius 1 is 1.09 bits per heavy atom. The largest absolute Gasteiger partial charge is 0.339 e. The molecule has 2 aromatic carbocycles. The molecule has 0 atom stereocenters. The highest BCUT2D eigenvalue weighted by Crippen LogP contribution is 2.25. The van der Waals surface area contributed by atoms with Gasteiger partial charge in [0.1, 0.15) is 6.07 Å². The maximum Gasteiger partial charge on any atom is 0.244 e. The van der Waals surface area contributed by atoms with Crippen molar-refractivity contribution in [1.29, 1.82) is 5.26 Å². The van der Waals surface area contributed by atoms with Crippen molar-refractivity contribution >= 4 is 27.7 Å². The second kappa shape index (κ2) is 10.0. The smallest absolute Gasteiger partial charge is 0.244 e. The summed E-state index contributed by atoms with van der Waals surface area (Å²) in [4.78, 5) is 18.9. The molecule has 0 saturated carbocycles. The number of carbonyl (C=O) groups is 1. The van der Waals surface area contributed by atoms with Crippen molar-refractivity contribution in [2.24, 2.45) is 0 Å². The first-order chi connectivity index (χ1) is 16.3. The van der Waals surface area contributed by atoms with E-state index < -0.39 is 10.0 Å². The molecule has 176 valence electrons. The number of sulfonamides is 1. The zero-order valence-electron chi connectivity index (χ0n) is 19.0. The summed E-state index contributed by atoms with van der Waals surface area (Å²) in [6.45, 7) is 5.11. The minimum Gasteiger partial charge on any atom is -0.339 e. The Kier molecular flexibility index (Phi) is 7.07. The molecule has 1 saturated heterocycles. The number of nitriles is 1. The van der Waals surface area contributed by atoms with Crippen molar-refractivity contribution in [3.05, 3.63) is 71.5 Å². The van der Waals surface area contributed by atoms with Crippen LogP contribution in [0.2, 0.25) is 0 Å². The lowest BCUT2D eigenvalue weighted by molar-refractivity contribution is -0.129. The van der Waals surface area contributed by atoms with Gasteiger partial charge in [-0.3, -0.25) is 9.36 Å². The van der Waals surface area contributed by atoms with Gasteiger partial charge in [-0.1, -0.05) is 36.0 Å². The van der Waals surface area contributed by atoms with Crippen molar-refractivity contribution in [3.63, 3.8) is 0 Å². The molecule has 3 aromatic rings. The molecule has 4 rings (SSSR count). The van der Waals surface area contributed by atoms with Crippen LogP contribution >= 0.6 is 11.8 Å². The van der Waals surface area contributed by atoms with E-state index in [4.69, 9.17) is 0 Å². The Labute approximate surface area is 203 Å². The number of amides is 1. The molecule has 0 aliphatic carbocycles. The molecule has 1 aliphatic rings. The van der Waals surface area contributed by atoms with Gasteiger partial charge in [-0.15, -0.1) is 0 Å². The quantitative estimate of drug-likeness (QED) is 0.488. The predicted octanol–water partition coefficient (Wildman–Crippen LogP) is 2.99. The van der Waals surface area contributed by atoms with Crippen LogP contribution in [0.1, 0.15) is 16.7 Å². The molecule has 1 aromatic heterocycles. The third-order valence-electron chi connectivity index (χ3n) is 5.98. The Balaban J connectivity index is 1.38. The average molecular weight is 496 g/mol. The first-order valence-corrected chi connectivity index (χ1v) is 13.3. The summed E-state index contributed by atoms with van der Waals surface area (Å²) in [5.41, 5.74) is 3.49. The molecule has 1 aliphatic heterocycles. The number of thioether (sulfide) groups is 1. The van der Waals surface area contributed by atoms with Crippen molar-refractivity contribution in [1.82, 2.24) is 18.8 Å². The van der Waals surface area contributed by atoms with Gasteiger partial charge in [-0.25, -0.2) is 13.4 Å². The van der Waals surface area contributed by atoms with E-state index in [0.717, 1.165) is 16.4 Å². The molecule has 0 N–H and O–H groups in total. The van der Waals surface area contributed by atoms with Gasteiger partial charge in [-0.2, -0.15) is 9.57 Å². The number of hydrogen-bond donors (Lipinski definition) is 0. The number of benzene rings is 2. The number of carbonyl (C=O) groups excluding carboxylic acids is 1. The summed E-state index contributed by atoms with van der Waals surface area (Å²) in [6.07, 6.45) is 3.61. The van der Waals surface area contributed by atoms with E-state index in [0.29, 0.717) is 13.1 Å². The Hall–Kier alpha value is -3.13. The fourth-order valence-corrected chi connectivity index (χ4v) is 6.33. The fraction of sp³-hybridized carbons (Fsp3) is 0.292. The van der Waals surface area contributed by atoms with E-state index in [-0.39, 0.29) is 35.2 Å². The number of rotatable bonds is 6. The maximum atomic E-state index is 13.0. The van der Waals surface area contributed by atoms with Gasteiger partial charge in [0.25, 0.3) is 0 Å². The van der Waals surface area contributed by atoms with Crippen molar-refractivity contribution in [3.8, 4) is 11.8 Å². The van der Waals surface area contributed by atoms with Gasteiger partial charge in [-0.05, 0) is 43.2 Å². The molecular weight excluding hydrogens is 470 g/mol. The standard InChI is InChI=1S/C24H25N5O3S2/c1-18-6-5-8-21(19(18)2)29-11-10-26-24(29)33-17-23(30)27-12-14-28(15-13-27)34(31,32)22-9-4-3-7-20(22)16-25/h3-11H,12-15,17H2,1-2H3. The molecule has 0 unspecified atom stereocenters. The van der Waals surface area contributed by atoms with Crippen molar-refractivity contribution in [2.45, 2.75) is 23.9 Å². The highest BCUT2D eigenvalue weighted by atomic mass is 32.2. The van der Waals surface area contributed by atoms with Gasteiger partial charge < -0.3 is 4.90 Å². The summed E-state index contributed by atoms with van der Waals surface area (Å²) >= 11 is 1.37. The second-order valence-corrected chi connectivity index (χ2v) is 10.8. The lowest BCUT2D eigenvalue weighted by atomic mass is 10.1. The van der Waals surface area contributed by atoms with Crippen molar-refractivity contribution in [2.75, 3.05) is 31.9 Å². The summed E-state index contributed by atoms with van der Waals surface area (Å²) < 4.78 is 29.3. The van der Waals surface area contributed by atoms with Gasteiger partial charge in [0.15, 0.2) is 5.16 Å². The highest BCUT2D eigenvalue weighted by molar-refractivity contribution is 7.99. The number of nitrogens with zero attached hydrogens (tertiary/aromatic N) is 5. The summed E-state index contributed by atoms with van der Waals surface area (Å²) in [5.74, 6) is 0.154. The fourth-order valence-electron chi connectivity index (χ4n) is 3.89. The van der Waals surface area contributed by atoms with Crippen LogP contribution in [0.15, 0.2) is 64.9 Å². The first kappa shape index (κ1) is 24.0. The van der Waals surface area contributed by atoms with Gasteiger partial charge >= 0.3 is 0 Å². The van der Waals surface area contributed by atoms with Crippen LogP contribution < -0.4 is 0 Å². The topological polar surface area (TPSA) is 99.3 Å². The van der Waals surface area contributed by atoms with Gasteiger partial charge in [0, 0.05) is 38.6 Å². The highest BCUT2D eigenvalue weighted by Gasteiger charge is 2.31. The number of piperazine rings is 1. The summed E-state index contributed by atoms with van der Waals surface area (Å²) in [7, 11) is -3.79. The predicted molar refractivity (Wildman–Crippen MR) is 130 cm³/mol. The van der Waals surface area contributed by atoms with Crippen LogP contribution in [0.4, 0.5) is 0 Å². The molecule has 34 heavy (non-hydrogen) atoms. The van der Waals surface area contributed by atoms with E-state index in [9.17, 15) is 18.5 Å². The molecule has 0 bridgehead atoms. The minimum absolute atomic E-state index is 0.00566. The van der Waals surface area contributed by atoms with E-state index >= 15 is 0 Å². The molecule has 0 radical (unpaired) electrons. The monoisotopic (exact) mass is 495 g/mol. The molecular formula is C24H25N5O3S2. The molecule has 10 heteroatoms. The molecule has 8 nitrogen and oxygen atoms in total.